The zero-order chi connectivity index (χ0) is 21.3. The van der Waals surface area contributed by atoms with E-state index in [1.807, 2.05) is 4.90 Å². The van der Waals surface area contributed by atoms with Gasteiger partial charge in [0.25, 0.3) is 5.91 Å². The van der Waals surface area contributed by atoms with Crippen molar-refractivity contribution in [1.82, 2.24) is 10.3 Å². The van der Waals surface area contributed by atoms with Crippen molar-refractivity contribution >= 4 is 46.7 Å². The third-order valence-electron chi connectivity index (χ3n) is 4.89. The molecule has 0 atom stereocenters. The summed E-state index contributed by atoms with van der Waals surface area (Å²) >= 11 is 12.1. The van der Waals surface area contributed by atoms with Crippen LogP contribution in [0.3, 0.4) is 0 Å². The van der Waals surface area contributed by atoms with Crippen LogP contribution in [0.25, 0.3) is 0 Å². The van der Waals surface area contributed by atoms with Crippen LogP contribution in [0.15, 0.2) is 18.2 Å². The molecule has 29 heavy (non-hydrogen) atoms. The number of aryl methyl sites for hydroxylation is 1. The number of amides is 1. The monoisotopic (exact) mass is 439 g/mol. The molecule has 8 nitrogen and oxygen atoms in total. The smallest absolute Gasteiger partial charge is 0.335 e. The second-order valence-corrected chi connectivity index (χ2v) is 7.62. The number of anilines is 1. The SMILES string of the molecule is Cc1[nH]c(C(=O)NC2CCN(c3cc(C(=O)O)cc(C(=O)O)c3)CC2)c(Cl)c1Cl. The first-order valence-corrected chi connectivity index (χ1v) is 9.64. The van der Waals surface area contributed by atoms with Gasteiger partial charge in [-0.05, 0) is 38.0 Å². The minimum Gasteiger partial charge on any atom is -0.478 e. The standard InChI is InChI=1S/C19H19Cl2N3O5/c1-9-14(20)15(21)16(22-9)17(25)23-12-2-4-24(5-3-12)13-7-10(18(26)27)6-11(8-13)19(28)29/h6-8,12,22H,2-5H2,1H3,(H,23,25)(H,26,27)(H,28,29). The van der Waals surface area contributed by atoms with E-state index in [1.165, 1.54) is 12.1 Å². The molecule has 154 valence electrons. The lowest BCUT2D eigenvalue weighted by atomic mass is 10.0. The second-order valence-electron chi connectivity index (χ2n) is 6.87. The predicted molar refractivity (Wildman–Crippen MR) is 109 cm³/mol. The van der Waals surface area contributed by atoms with Gasteiger partial charge in [-0.1, -0.05) is 23.2 Å². The fourth-order valence-corrected chi connectivity index (χ4v) is 3.72. The van der Waals surface area contributed by atoms with Gasteiger partial charge >= 0.3 is 11.9 Å². The van der Waals surface area contributed by atoms with Gasteiger partial charge in [0, 0.05) is 30.5 Å². The van der Waals surface area contributed by atoms with E-state index in [4.69, 9.17) is 23.2 Å². The van der Waals surface area contributed by atoms with Gasteiger partial charge in [-0.25, -0.2) is 9.59 Å². The third kappa shape index (κ3) is 4.49. The number of aromatic nitrogens is 1. The van der Waals surface area contributed by atoms with Gasteiger partial charge in [-0.3, -0.25) is 4.79 Å². The summed E-state index contributed by atoms with van der Waals surface area (Å²) < 4.78 is 0. The van der Waals surface area contributed by atoms with E-state index < -0.39 is 11.9 Å². The van der Waals surface area contributed by atoms with Crippen LogP contribution in [-0.2, 0) is 0 Å². The van der Waals surface area contributed by atoms with E-state index >= 15 is 0 Å². The zero-order valence-electron chi connectivity index (χ0n) is 15.5. The van der Waals surface area contributed by atoms with Crippen molar-refractivity contribution in [2.75, 3.05) is 18.0 Å². The Balaban J connectivity index is 1.67. The number of aromatic carboxylic acids is 2. The minimum absolute atomic E-state index is 0.0797. The molecule has 2 heterocycles. The molecule has 4 N–H and O–H groups in total. The van der Waals surface area contributed by atoms with Gasteiger partial charge in [0.2, 0.25) is 0 Å². The molecule has 1 amide bonds. The van der Waals surface area contributed by atoms with Crippen LogP contribution in [0.5, 0.6) is 0 Å². The normalized spacial score (nSPS) is 14.7. The number of hydrogen-bond acceptors (Lipinski definition) is 4. The highest BCUT2D eigenvalue weighted by molar-refractivity contribution is 6.44. The molecular weight excluding hydrogens is 421 g/mol. The molecule has 1 aliphatic heterocycles. The molecule has 1 aromatic carbocycles. The molecule has 1 saturated heterocycles. The van der Waals surface area contributed by atoms with Crippen molar-refractivity contribution in [3.8, 4) is 0 Å². The number of nitrogens with zero attached hydrogens (tertiary/aromatic N) is 1. The number of carbonyl (C=O) groups is 3. The quantitative estimate of drug-likeness (QED) is 0.565. The lowest BCUT2D eigenvalue weighted by Gasteiger charge is -2.34. The van der Waals surface area contributed by atoms with Crippen LogP contribution in [0.4, 0.5) is 5.69 Å². The largest absolute Gasteiger partial charge is 0.478 e. The molecule has 1 aromatic heterocycles. The van der Waals surface area contributed by atoms with Crippen molar-refractivity contribution < 1.29 is 24.6 Å². The van der Waals surface area contributed by atoms with Crippen LogP contribution in [0, 0.1) is 6.92 Å². The van der Waals surface area contributed by atoms with Gasteiger partial charge in [-0.15, -0.1) is 0 Å². The highest BCUT2D eigenvalue weighted by atomic mass is 35.5. The van der Waals surface area contributed by atoms with E-state index in [2.05, 4.69) is 10.3 Å². The number of piperidine rings is 1. The summed E-state index contributed by atoms with van der Waals surface area (Å²) in [4.78, 5) is 39.8. The second kappa shape index (κ2) is 8.34. The summed E-state index contributed by atoms with van der Waals surface area (Å²) in [6.07, 6.45) is 1.22. The number of carbonyl (C=O) groups excluding carboxylic acids is 1. The molecule has 10 heteroatoms. The Labute approximate surface area is 176 Å². The van der Waals surface area contributed by atoms with Gasteiger partial charge in [0.15, 0.2) is 0 Å². The average Bonchev–Trinajstić information content (AvgIpc) is 2.95. The van der Waals surface area contributed by atoms with Crippen molar-refractivity contribution in [2.24, 2.45) is 0 Å². The fourth-order valence-electron chi connectivity index (χ4n) is 3.31. The highest BCUT2D eigenvalue weighted by Crippen LogP contribution is 2.29. The van der Waals surface area contributed by atoms with Crippen LogP contribution < -0.4 is 10.2 Å². The van der Waals surface area contributed by atoms with Gasteiger partial charge in [0.05, 0.1) is 21.2 Å². The molecule has 1 fully saturated rings. The van der Waals surface area contributed by atoms with Crippen molar-refractivity contribution in [3.63, 3.8) is 0 Å². The number of halogens is 2. The lowest BCUT2D eigenvalue weighted by molar-refractivity contribution is 0.0696. The maximum Gasteiger partial charge on any atom is 0.335 e. The number of hydrogen-bond donors (Lipinski definition) is 4. The van der Waals surface area contributed by atoms with Gasteiger partial charge < -0.3 is 25.4 Å². The van der Waals surface area contributed by atoms with Crippen LogP contribution >= 0.6 is 23.2 Å². The first-order chi connectivity index (χ1) is 13.7. The molecule has 0 saturated carbocycles. The fraction of sp³-hybridized carbons (Fsp3) is 0.316. The number of H-pyrrole nitrogens is 1. The molecular formula is C19H19Cl2N3O5. The number of carboxylic acids is 2. The molecule has 0 radical (unpaired) electrons. The molecule has 2 aromatic rings. The maximum absolute atomic E-state index is 12.5. The number of carboxylic acid groups (broad SMARTS) is 2. The molecule has 0 spiro atoms. The topological polar surface area (TPSA) is 123 Å². The zero-order valence-corrected chi connectivity index (χ0v) is 17.0. The van der Waals surface area contributed by atoms with Crippen molar-refractivity contribution in [1.29, 1.82) is 0 Å². The molecule has 3 rings (SSSR count). The Morgan fingerprint density at radius 1 is 1.03 bits per heavy atom. The van der Waals surface area contributed by atoms with Crippen LogP contribution in [0.2, 0.25) is 10.0 Å². The Morgan fingerprint density at radius 2 is 1.59 bits per heavy atom. The first-order valence-electron chi connectivity index (χ1n) is 8.88. The highest BCUT2D eigenvalue weighted by Gasteiger charge is 2.25. The molecule has 0 unspecified atom stereocenters. The van der Waals surface area contributed by atoms with Crippen molar-refractivity contribution in [2.45, 2.75) is 25.8 Å². The predicted octanol–water partition coefficient (Wildman–Crippen LogP) is 3.43. The molecule has 0 aliphatic carbocycles. The minimum atomic E-state index is -1.19. The third-order valence-corrected chi connectivity index (χ3v) is 5.84. The van der Waals surface area contributed by atoms with Gasteiger partial charge in [-0.2, -0.15) is 0 Å². The Morgan fingerprint density at radius 3 is 2.03 bits per heavy atom. The van der Waals surface area contributed by atoms with E-state index in [0.29, 0.717) is 42.3 Å². The van der Waals surface area contributed by atoms with Gasteiger partial charge in [0.1, 0.15) is 5.69 Å². The Bertz CT molecular complexity index is 948. The van der Waals surface area contributed by atoms with Crippen LogP contribution in [-0.4, -0.2) is 52.2 Å². The summed E-state index contributed by atoms with van der Waals surface area (Å²) in [6.45, 7) is 2.79. The number of rotatable bonds is 5. The average molecular weight is 440 g/mol. The maximum atomic E-state index is 12.5. The van der Waals surface area contributed by atoms with E-state index in [0.717, 1.165) is 6.07 Å². The van der Waals surface area contributed by atoms with E-state index in [9.17, 15) is 24.6 Å². The molecule has 1 aliphatic rings. The molecule has 0 bridgehead atoms. The first kappa shape index (κ1) is 21.0. The summed E-state index contributed by atoms with van der Waals surface area (Å²) in [5, 5.41) is 21.9. The summed E-state index contributed by atoms with van der Waals surface area (Å²) in [5.41, 5.74) is 1.20. The van der Waals surface area contributed by atoms with Crippen molar-refractivity contribution in [3.05, 3.63) is 50.8 Å². The van der Waals surface area contributed by atoms with E-state index in [-0.39, 0.29) is 33.8 Å². The lowest BCUT2D eigenvalue weighted by Crippen LogP contribution is -2.45. The summed E-state index contributed by atoms with van der Waals surface area (Å²) in [6, 6.07) is 3.95. The number of nitrogens with one attached hydrogen (secondary N) is 2. The Hall–Kier alpha value is -2.71. The summed E-state index contributed by atoms with van der Waals surface area (Å²) in [7, 11) is 0. The summed E-state index contributed by atoms with van der Waals surface area (Å²) in [5.74, 6) is -2.72. The van der Waals surface area contributed by atoms with E-state index in [1.54, 1.807) is 6.92 Å². The Kier molecular flexibility index (Phi) is 6.04. The number of benzene rings is 1. The van der Waals surface area contributed by atoms with Crippen LogP contribution in [0.1, 0.15) is 49.7 Å². The number of aromatic amines is 1.